The van der Waals surface area contributed by atoms with Crippen LogP contribution < -0.4 is 5.32 Å². The Labute approximate surface area is 86.0 Å². The van der Waals surface area contributed by atoms with Crippen molar-refractivity contribution in [2.24, 2.45) is 5.92 Å². The van der Waals surface area contributed by atoms with Crippen LogP contribution >= 0.6 is 11.8 Å². The molecule has 0 aromatic carbocycles. The molecule has 2 aliphatic rings. The molecular weight excluding hydrogens is 178 g/mol. The molecule has 2 heteroatoms. The molecule has 3 atom stereocenters. The van der Waals surface area contributed by atoms with E-state index in [1.165, 1.54) is 37.9 Å². The summed E-state index contributed by atoms with van der Waals surface area (Å²) in [7, 11) is 0. The zero-order valence-electron chi connectivity index (χ0n) is 8.81. The van der Waals surface area contributed by atoms with Gasteiger partial charge >= 0.3 is 0 Å². The summed E-state index contributed by atoms with van der Waals surface area (Å²) in [4.78, 5) is 0.468. The molecule has 1 aliphatic heterocycles. The van der Waals surface area contributed by atoms with Crippen molar-refractivity contribution < 1.29 is 0 Å². The van der Waals surface area contributed by atoms with Crippen molar-refractivity contribution >= 4 is 11.8 Å². The van der Waals surface area contributed by atoms with Gasteiger partial charge in [0, 0.05) is 6.04 Å². The van der Waals surface area contributed by atoms with Crippen molar-refractivity contribution in [3.05, 3.63) is 0 Å². The van der Waals surface area contributed by atoms with Gasteiger partial charge in [0.25, 0.3) is 0 Å². The van der Waals surface area contributed by atoms with Crippen LogP contribution in [0.25, 0.3) is 0 Å². The lowest BCUT2D eigenvalue weighted by Crippen LogP contribution is -2.52. The Morgan fingerprint density at radius 1 is 1.31 bits per heavy atom. The van der Waals surface area contributed by atoms with E-state index in [1.54, 1.807) is 0 Å². The summed E-state index contributed by atoms with van der Waals surface area (Å²) in [6, 6.07) is 0.742. The first-order valence-corrected chi connectivity index (χ1v) is 6.60. The predicted octanol–water partition coefficient (Wildman–Crippen LogP) is 3.01. The summed E-state index contributed by atoms with van der Waals surface area (Å²) in [6.45, 7) is 4.74. The van der Waals surface area contributed by atoms with Crippen LogP contribution in [0.4, 0.5) is 0 Å². The maximum Gasteiger partial charge on any atom is 0.0649 e. The Bertz CT molecular complexity index is 161. The summed E-state index contributed by atoms with van der Waals surface area (Å²) < 4.78 is 0. The second-order valence-corrected chi connectivity index (χ2v) is 6.36. The molecule has 0 radical (unpaired) electrons. The Morgan fingerprint density at radius 2 is 2.15 bits per heavy atom. The van der Waals surface area contributed by atoms with Gasteiger partial charge in [0.15, 0.2) is 0 Å². The quantitative estimate of drug-likeness (QED) is 0.643. The number of hydrogen-bond acceptors (Lipinski definition) is 2. The van der Waals surface area contributed by atoms with Crippen LogP contribution in [0.5, 0.6) is 0 Å². The van der Waals surface area contributed by atoms with E-state index in [0.717, 1.165) is 12.0 Å². The van der Waals surface area contributed by atoms with Crippen LogP contribution in [0.15, 0.2) is 0 Å². The van der Waals surface area contributed by atoms with E-state index in [-0.39, 0.29) is 0 Å². The highest BCUT2D eigenvalue weighted by Crippen LogP contribution is 2.43. The van der Waals surface area contributed by atoms with E-state index in [1.807, 2.05) is 0 Å². The van der Waals surface area contributed by atoms with Crippen LogP contribution in [0, 0.1) is 5.92 Å². The molecular formula is C11H21NS. The number of thioether (sulfide) groups is 1. The molecule has 76 valence electrons. The van der Waals surface area contributed by atoms with Crippen molar-refractivity contribution in [1.29, 1.82) is 0 Å². The number of rotatable bonds is 0. The van der Waals surface area contributed by atoms with Crippen molar-refractivity contribution in [3.63, 3.8) is 0 Å². The molecule has 1 aliphatic carbocycles. The fraction of sp³-hybridized carbons (Fsp3) is 1.00. The lowest BCUT2D eigenvalue weighted by Gasteiger charge is -2.45. The number of hydrogen-bond donors (Lipinski definition) is 1. The Hall–Kier alpha value is 0.310. The lowest BCUT2D eigenvalue weighted by atomic mass is 9.86. The minimum Gasteiger partial charge on any atom is -0.300 e. The third kappa shape index (κ3) is 2.21. The molecule has 0 bridgehead atoms. The molecule has 1 heterocycles. The highest BCUT2D eigenvalue weighted by atomic mass is 32.2. The zero-order valence-corrected chi connectivity index (χ0v) is 9.62. The third-order valence-electron chi connectivity index (χ3n) is 3.39. The molecule has 3 unspecified atom stereocenters. The predicted molar refractivity (Wildman–Crippen MR) is 60.0 cm³/mol. The molecule has 13 heavy (non-hydrogen) atoms. The fourth-order valence-electron chi connectivity index (χ4n) is 2.76. The molecule has 0 amide bonds. The van der Waals surface area contributed by atoms with E-state index >= 15 is 0 Å². The van der Waals surface area contributed by atoms with Crippen molar-refractivity contribution in [2.45, 2.75) is 56.9 Å². The van der Waals surface area contributed by atoms with Crippen molar-refractivity contribution in [2.75, 3.05) is 5.75 Å². The first-order chi connectivity index (χ1) is 6.20. The molecule has 0 aromatic rings. The molecule has 0 aromatic heterocycles. The topological polar surface area (TPSA) is 12.0 Å². The Morgan fingerprint density at radius 3 is 2.85 bits per heavy atom. The van der Waals surface area contributed by atoms with Crippen molar-refractivity contribution in [1.82, 2.24) is 5.32 Å². The lowest BCUT2D eigenvalue weighted by molar-refractivity contribution is 0.248. The van der Waals surface area contributed by atoms with Gasteiger partial charge in [-0.1, -0.05) is 19.8 Å². The maximum absolute atomic E-state index is 3.83. The summed E-state index contributed by atoms with van der Waals surface area (Å²) >= 11 is 2.18. The summed E-state index contributed by atoms with van der Waals surface area (Å²) in [5.74, 6) is 2.29. The van der Waals surface area contributed by atoms with Crippen LogP contribution in [-0.4, -0.2) is 16.7 Å². The normalized spacial score (nSPS) is 46.6. The summed E-state index contributed by atoms with van der Waals surface area (Å²) in [5.41, 5.74) is 0. The van der Waals surface area contributed by atoms with E-state index in [9.17, 15) is 0 Å². The fourth-order valence-corrected chi connectivity index (χ4v) is 4.60. The SMILES string of the molecule is CC1CCCC2(C1)NC(C)CCS2. The maximum atomic E-state index is 3.83. The van der Waals surface area contributed by atoms with Crippen LogP contribution in [0.1, 0.15) is 46.0 Å². The second kappa shape index (κ2) is 3.82. The second-order valence-electron chi connectivity index (χ2n) is 4.88. The van der Waals surface area contributed by atoms with Gasteiger partial charge in [-0.25, -0.2) is 0 Å². The van der Waals surface area contributed by atoms with Gasteiger partial charge in [0.1, 0.15) is 0 Å². The number of nitrogens with one attached hydrogen (secondary N) is 1. The molecule has 1 saturated heterocycles. The first-order valence-electron chi connectivity index (χ1n) is 5.62. The van der Waals surface area contributed by atoms with Gasteiger partial charge in [-0.2, -0.15) is 0 Å². The van der Waals surface area contributed by atoms with Crippen LogP contribution in [0.3, 0.4) is 0 Å². The third-order valence-corrected chi connectivity index (χ3v) is 4.88. The van der Waals surface area contributed by atoms with Gasteiger partial charge in [-0.15, -0.1) is 11.8 Å². The van der Waals surface area contributed by atoms with E-state index in [2.05, 4.69) is 30.9 Å². The van der Waals surface area contributed by atoms with Crippen LogP contribution in [0.2, 0.25) is 0 Å². The van der Waals surface area contributed by atoms with Gasteiger partial charge < -0.3 is 5.32 Å². The average molecular weight is 199 g/mol. The minimum absolute atomic E-state index is 0.468. The van der Waals surface area contributed by atoms with E-state index in [0.29, 0.717) is 4.87 Å². The molecule has 1 N–H and O–H groups in total. The minimum atomic E-state index is 0.468. The molecule has 1 nitrogen and oxygen atoms in total. The molecule has 2 rings (SSSR count). The smallest absolute Gasteiger partial charge is 0.0649 e. The van der Waals surface area contributed by atoms with E-state index < -0.39 is 0 Å². The summed E-state index contributed by atoms with van der Waals surface area (Å²) in [6.07, 6.45) is 7.00. The largest absolute Gasteiger partial charge is 0.300 e. The van der Waals surface area contributed by atoms with Gasteiger partial charge in [0.05, 0.1) is 4.87 Å². The highest BCUT2D eigenvalue weighted by molar-refractivity contribution is 8.00. The first kappa shape index (κ1) is 9.85. The zero-order chi connectivity index (χ0) is 9.31. The Balaban J connectivity index is 2.00. The van der Waals surface area contributed by atoms with Crippen LogP contribution in [-0.2, 0) is 0 Å². The Kier molecular flexibility index (Phi) is 2.89. The van der Waals surface area contributed by atoms with Gasteiger partial charge in [-0.05, 0) is 37.9 Å². The average Bonchev–Trinajstić information content (AvgIpc) is 2.02. The highest BCUT2D eigenvalue weighted by Gasteiger charge is 2.38. The molecule has 1 saturated carbocycles. The molecule has 2 fully saturated rings. The van der Waals surface area contributed by atoms with E-state index in [4.69, 9.17) is 0 Å². The summed E-state index contributed by atoms with van der Waals surface area (Å²) in [5, 5.41) is 3.83. The van der Waals surface area contributed by atoms with Crippen molar-refractivity contribution in [3.8, 4) is 0 Å². The monoisotopic (exact) mass is 199 g/mol. The molecule has 1 spiro atoms. The standard InChI is InChI=1S/C11H21NS/c1-9-4-3-6-11(8-9)12-10(2)5-7-13-11/h9-10,12H,3-8H2,1-2H3. The van der Waals surface area contributed by atoms with Gasteiger partial charge in [0.2, 0.25) is 0 Å². The van der Waals surface area contributed by atoms with Gasteiger partial charge in [-0.3, -0.25) is 0 Å².